The molecule has 1 saturated carbocycles. The van der Waals surface area contributed by atoms with E-state index in [9.17, 15) is 22.4 Å². The van der Waals surface area contributed by atoms with Crippen molar-refractivity contribution in [1.29, 1.82) is 0 Å². The molecular formula is C26H25F4N3O. The first-order chi connectivity index (χ1) is 16.1. The van der Waals surface area contributed by atoms with Crippen LogP contribution in [0.4, 0.5) is 17.6 Å². The average Bonchev–Trinajstić information content (AvgIpc) is 3.17. The van der Waals surface area contributed by atoms with E-state index >= 15 is 0 Å². The number of aliphatic imine (C=N–C) groups is 1. The van der Waals surface area contributed by atoms with Gasteiger partial charge in [-0.3, -0.25) is 4.79 Å². The molecule has 1 fully saturated rings. The van der Waals surface area contributed by atoms with Gasteiger partial charge in [0.15, 0.2) is 0 Å². The zero-order valence-electron chi connectivity index (χ0n) is 18.9. The van der Waals surface area contributed by atoms with Gasteiger partial charge in [-0.2, -0.15) is 18.3 Å². The van der Waals surface area contributed by atoms with E-state index in [-0.39, 0.29) is 18.2 Å². The van der Waals surface area contributed by atoms with Crippen molar-refractivity contribution in [3.63, 3.8) is 0 Å². The van der Waals surface area contributed by atoms with Crippen molar-refractivity contribution in [3.8, 4) is 5.69 Å². The zero-order chi connectivity index (χ0) is 24.3. The Hall–Kier alpha value is -3.03. The molecular weight excluding hydrogens is 446 g/mol. The summed E-state index contributed by atoms with van der Waals surface area (Å²) in [5.74, 6) is -3.53. The first-order valence-corrected chi connectivity index (χ1v) is 11.4. The van der Waals surface area contributed by atoms with Gasteiger partial charge in [-0.1, -0.05) is 24.1 Å². The number of amides is 1. The first-order valence-electron chi connectivity index (χ1n) is 11.4. The summed E-state index contributed by atoms with van der Waals surface area (Å²) in [6.45, 7) is 3.35. The highest BCUT2D eigenvalue weighted by Crippen LogP contribution is 2.58. The van der Waals surface area contributed by atoms with Crippen molar-refractivity contribution < 1.29 is 22.4 Å². The van der Waals surface area contributed by atoms with Crippen LogP contribution in [-0.4, -0.2) is 28.1 Å². The van der Waals surface area contributed by atoms with Crippen molar-refractivity contribution in [2.75, 3.05) is 0 Å². The highest BCUT2D eigenvalue weighted by Gasteiger charge is 2.53. The van der Waals surface area contributed by atoms with Gasteiger partial charge in [-0.05, 0) is 67.5 Å². The molecule has 0 N–H and O–H groups in total. The average molecular weight is 471 g/mol. The molecule has 0 spiro atoms. The topological polar surface area (TPSA) is 47.2 Å². The van der Waals surface area contributed by atoms with Gasteiger partial charge < -0.3 is 0 Å². The Labute approximate surface area is 195 Å². The number of aromatic nitrogens is 2. The number of allylic oxidation sites excluding steroid dienone is 3. The summed E-state index contributed by atoms with van der Waals surface area (Å²) >= 11 is 0. The lowest BCUT2D eigenvalue weighted by Crippen LogP contribution is -2.45. The van der Waals surface area contributed by atoms with Gasteiger partial charge in [-0.25, -0.2) is 14.1 Å². The summed E-state index contributed by atoms with van der Waals surface area (Å²) in [5.41, 5.74) is 4.44. The maximum Gasteiger partial charge on any atom is 0.392 e. The normalized spacial score (nSPS) is 28.6. The second-order valence-electron chi connectivity index (χ2n) is 9.68. The second-order valence-corrected chi connectivity index (χ2v) is 9.68. The zero-order valence-corrected chi connectivity index (χ0v) is 18.9. The van der Waals surface area contributed by atoms with Crippen LogP contribution in [-0.2, 0) is 11.2 Å². The number of nitrogens with zero attached hydrogens (tertiary/aromatic N) is 3. The molecule has 1 amide bonds. The molecule has 1 heterocycles. The minimum Gasteiger partial charge on any atom is -0.273 e. The molecule has 3 aliphatic rings. The Bertz CT molecular complexity index is 1220. The molecule has 5 rings (SSSR count). The lowest BCUT2D eigenvalue weighted by atomic mass is 9.54. The number of benzene rings is 1. The van der Waals surface area contributed by atoms with Crippen LogP contribution in [0.25, 0.3) is 11.8 Å². The van der Waals surface area contributed by atoms with Crippen molar-refractivity contribution in [3.05, 3.63) is 64.8 Å². The maximum atomic E-state index is 13.9. The third-order valence-corrected chi connectivity index (χ3v) is 7.65. The number of halogens is 4. The lowest BCUT2D eigenvalue weighted by molar-refractivity contribution is -0.187. The third-order valence-electron chi connectivity index (χ3n) is 7.65. The molecule has 2 unspecified atom stereocenters. The van der Waals surface area contributed by atoms with E-state index in [2.05, 4.69) is 23.1 Å². The molecule has 2 aromatic rings. The van der Waals surface area contributed by atoms with Crippen LogP contribution in [0.1, 0.15) is 44.4 Å². The summed E-state index contributed by atoms with van der Waals surface area (Å²) < 4.78 is 56.8. The molecule has 0 radical (unpaired) electrons. The fraction of sp³-hybridized carbons (Fsp3) is 0.423. The molecule has 4 atom stereocenters. The van der Waals surface area contributed by atoms with Gasteiger partial charge in [0.1, 0.15) is 5.82 Å². The summed E-state index contributed by atoms with van der Waals surface area (Å²) in [4.78, 5) is 15.2. The Morgan fingerprint density at radius 1 is 1.26 bits per heavy atom. The van der Waals surface area contributed by atoms with Gasteiger partial charge in [0.05, 0.1) is 23.5 Å². The van der Waals surface area contributed by atoms with Crippen LogP contribution in [0.15, 0.2) is 52.7 Å². The minimum absolute atomic E-state index is 0.117. The van der Waals surface area contributed by atoms with Gasteiger partial charge in [0.25, 0.3) is 0 Å². The van der Waals surface area contributed by atoms with Gasteiger partial charge in [0.2, 0.25) is 5.91 Å². The first kappa shape index (κ1) is 22.7. The quantitative estimate of drug-likeness (QED) is 0.301. The second kappa shape index (κ2) is 8.03. The monoisotopic (exact) mass is 471 g/mol. The van der Waals surface area contributed by atoms with E-state index in [1.54, 1.807) is 29.1 Å². The maximum absolute atomic E-state index is 13.9. The fourth-order valence-corrected chi connectivity index (χ4v) is 6.02. The van der Waals surface area contributed by atoms with E-state index in [0.29, 0.717) is 19.3 Å². The SMILES string of the molecule is CC(=O)N=CC1C2CCC3=Cc4c(cnn4-c4ccc(F)cc4)C[C@]3(C)C2=CC[C@H]1C(F)(F)F. The summed E-state index contributed by atoms with van der Waals surface area (Å²) in [7, 11) is 0. The van der Waals surface area contributed by atoms with Crippen LogP contribution in [0, 0.1) is 29.0 Å². The molecule has 8 heteroatoms. The van der Waals surface area contributed by atoms with Gasteiger partial charge in [0, 0.05) is 24.5 Å². The van der Waals surface area contributed by atoms with Crippen LogP contribution >= 0.6 is 0 Å². The van der Waals surface area contributed by atoms with Crippen molar-refractivity contribution in [1.82, 2.24) is 9.78 Å². The molecule has 34 heavy (non-hydrogen) atoms. The number of hydrogen-bond donors (Lipinski definition) is 0. The highest BCUT2D eigenvalue weighted by atomic mass is 19.4. The Morgan fingerprint density at radius 3 is 2.68 bits per heavy atom. The number of carbonyl (C=O) groups excluding carboxylic acids is 1. The largest absolute Gasteiger partial charge is 0.392 e. The van der Waals surface area contributed by atoms with Crippen LogP contribution in [0.3, 0.4) is 0 Å². The molecule has 0 aliphatic heterocycles. The van der Waals surface area contributed by atoms with E-state index in [0.717, 1.165) is 22.5 Å². The van der Waals surface area contributed by atoms with Crippen LogP contribution in [0.5, 0.6) is 0 Å². The number of rotatable bonds is 2. The van der Waals surface area contributed by atoms with Crippen molar-refractivity contribution >= 4 is 18.2 Å². The molecule has 1 aromatic heterocycles. The van der Waals surface area contributed by atoms with Gasteiger partial charge >= 0.3 is 6.18 Å². The van der Waals surface area contributed by atoms with E-state index in [1.807, 2.05) is 0 Å². The Morgan fingerprint density at radius 2 is 2.00 bits per heavy atom. The molecule has 0 bridgehead atoms. The molecule has 1 aromatic carbocycles. The van der Waals surface area contributed by atoms with E-state index in [4.69, 9.17) is 0 Å². The third kappa shape index (κ3) is 3.73. The number of carbonyl (C=O) groups is 1. The Balaban J connectivity index is 1.54. The summed E-state index contributed by atoms with van der Waals surface area (Å²) in [6.07, 6.45) is 4.29. The predicted molar refractivity (Wildman–Crippen MR) is 121 cm³/mol. The number of hydrogen-bond acceptors (Lipinski definition) is 2. The fourth-order valence-electron chi connectivity index (χ4n) is 6.02. The molecule has 3 aliphatic carbocycles. The van der Waals surface area contributed by atoms with Gasteiger partial charge in [-0.15, -0.1) is 0 Å². The summed E-state index contributed by atoms with van der Waals surface area (Å²) in [6, 6.07) is 6.13. The molecule has 178 valence electrons. The van der Waals surface area contributed by atoms with Crippen LogP contribution in [0.2, 0.25) is 0 Å². The van der Waals surface area contributed by atoms with Crippen LogP contribution < -0.4 is 0 Å². The number of alkyl halides is 3. The smallest absolute Gasteiger partial charge is 0.273 e. The Kier molecular flexibility index (Phi) is 5.37. The standard InChI is InChI=1S/C26H25F4N3O/c1-15(34)31-14-21-20-8-3-17-11-24-16(13-32-33(24)19-6-4-18(27)5-7-19)12-25(17,2)22(20)9-10-23(21)26(28,29)30/h4-7,9,11,13-14,20-21,23H,3,8,10,12H2,1-2H3/t20?,21?,23-,25+/m1/s1. The number of fused-ring (bicyclic) bond motifs is 4. The summed E-state index contributed by atoms with van der Waals surface area (Å²) in [5, 5.41) is 4.52. The lowest BCUT2D eigenvalue weighted by Gasteiger charge is -2.50. The highest BCUT2D eigenvalue weighted by molar-refractivity contribution is 5.84. The predicted octanol–water partition coefficient (Wildman–Crippen LogP) is 6.11. The molecule has 0 saturated heterocycles. The minimum atomic E-state index is -4.36. The van der Waals surface area contributed by atoms with Crippen molar-refractivity contribution in [2.45, 2.75) is 45.7 Å². The van der Waals surface area contributed by atoms with E-state index < -0.39 is 29.3 Å². The molecule has 4 nitrogen and oxygen atoms in total. The van der Waals surface area contributed by atoms with Crippen molar-refractivity contribution in [2.24, 2.45) is 28.2 Å². The van der Waals surface area contributed by atoms with E-state index in [1.165, 1.54) is 30.8 Å².